The van der Waals surface area contributed by atoms with Gasteiger partial charge in [-0.1, -0.05) is 44.0 Å². The second kappa shape index (κ2) is 11.8. The van der Waals surface area contributed by atoms with Crippen LogP contribution in [-0.4, -0.2) is 69.6 Å². The highest BCUT2D eigenvalue weighted by molar-refractivity contribution is 8.02. The summed E-state index contributed by atoms with van der Waals surface area (Å²) >= 11 is 7.70. The Morgan fingerprint density at radius 3 is 2.63 bits per heavy atom. The van der Waals surface area contributed by atoms with Crippen molar-refractivity contribution in [3.8, 4) is 0 Å². The number of carbonyl (C=O) groups excluding carboxylic acids is 3. The summed E-state index contributed by atoms with van der Waals surface area (Å²) < 4.78 is 4.79. The SMILES string of the molecule is C=CCCOC(=O)[C@@H]1[C@@H]2CCC3(S2)C(C(=O)N(CC=C)c2ccc(Cl)cc2)N([C@@H](CO)[C@@H](C)CC)C(=O)[C@H]13. The quantitative estimate of drug-likeness (QED) is 0.230. The lowest BCUT2D eigenvalue weighted by atomic mass is 9.71. The Labute approximate surface area is 234 Å². The van der Waals surface area contributed by atoms with Crippen LogP contribution in [0.25, 0.3) is 0 Å². The monoisotopic (exact) mass is 560 g/mol. The van der Waals surface area contributed by atoms with E-state index < -0.39 is 28.7 Å². The zero-order valence-electron chi connectivity index (χ0n) is 22.1. The Kier molecular flexibility index (Phi) is 8.95. The van der Waals surface area contributed by atoms with Crippen molar-refractivity contribution in [3.05, 3.63) is 54.6 Å². The highest BCUT2D eigenvalue weighted by Crippen LogP contribution is 2.67. The van der Waals surface area contributed by atoms with Crippen molar-refractivity contribution in [3.63, 3.8) is 0 Å². The summed E-state index contributed by atoms with van der Waals surface area (Å²) in [6.07, 6.45) is 5.96. The molecule has 206 valence electrons. The average Bonchev–Trinajstić information content (AvgIpc) is 3.55. The standard InChI is InChI=1S/C29H37ClN2O5S/c1-5-8-16-37-28(36)23-22-13-14-29(38-22)24(23)26(34)32(21(17-33)18(4)7-3)25(29)27(35)31(15-6-2)20-11-9-19(30)10-12-20/h5-6,9-12,18,21-25,33H,1-2,7-8,13-17H2,3-4H3/t18-,21-,22-,23+,24-,25?,29?/m0/s1. The first-order chi connectivity index (χ1) is 18.2. The van der Waals surface area contributed by atoms with Crippen molar-refractivity contribution < 1.29 is 24.2 Å². The van der Waals surface area contributed by atoms with E-state index >= 15 is 0 Å². The highest BCUT2D eigenvalue weighted by Gasteiger charge is 2.75. The number of amides is 2. The Balaban J connectivity index is 1.79. The molecule has 1 aromatic rings. The molecule has 0 radical (unpaired) electrons. The summed E-state index contributed by atoms with van der Waals surface area (Å²) in [5.74, 6) is -2.20. The van der Waals surface area contributed by atoms with E-state index in [1.54, 1.807) is 58.0 Å². The minimum absolute atomic E-state index is 0.0435. The van der Waals surface area contributed by atoms with Crippen LogP contribution in [-0.2, 0) is 19.1 Å². The van der Waals surface area contributed by atoms with E-state index in [2.05, 4.69) is 13.2 Å². The number of ether oxygens (including phenoxy) is 1. The third-order valence-electron chi connectivity index (χ3n) is 8.37. The lowest BCUT2D eigenvalue weighted by Crippen LogP contribution is -2.58. The van der Waals surface area contributed by atoms with Gasteiger partial charge in [-0.25, -0.2) is 0 Å². The number of rotatable bonds is 12. The molecule has 7 atom stereocenters. The maximum atomic E-state index is 14.5. The van der Waals surface area contributed by atoms with Gasteiger partial charge in [0.05, 0.1) is 35.8 Å². The van der Waals surface area contributed by atoms with Crippen LogP contribution in [0.5, 0.6) is 0 Å². The molecular weight excluding hydrogens is 524 g/mol. The lowest BCUT2D eigenvalue weighted by Gasteiger charge is -2.41. The van der Waals surface area contributed by atoms with Gasteiger partial charge in [0.1, 0.15) is 6.04 Å². The molecule has 2 bridgehead atoms. The van der Waals surface area contributed by atoms with Crippen LogP contribution in [0.3, 0.4) is 0 Å². The van der Waals surface area contributed by atoms with Crippen molar-refractivity contribution in [1.82, 2.24) is 4.90 Å². The van der Waals surface area contributed by atoms with E-state index in [9.17, 15) is 19.5 Å². The topological polar surface area (TPSA) is 87.2 Å². The summed E-state index contributed by atoms with van der Waals surface area (Å²) in [6.45, 7) is 11.7. The van der Waals surface area contributed by atoms with Crippen molar-refractivity contribution in [2.75, 3.05) is 24.7 Å². The van der Waals surface area contributed by atoms with Crippen molar-refractivity contribution in [2.24, 2.45) is 17.8 Å². The number of carbonyl (C=O) groups is 3. The summed E-state index contributed by atoms with van der Waals surface area (Å²) in [4.78, 5) is 45.4. The maximum absolute atomic E-state index is 14.5. The zero-order valence-corrected chi connectivity index (χ0v) is 23.6. The fourth-order valence-electron chi connectivity index (χ4n) is 6.37. The van der Waals surface area contributed by atoms with Gasteiger partial charge in [-0.15, -0.1) is 24.9 Å². The van der Waals surface area contributed by atoms with Gasteiger partial charge in [-0.2, -0.15) is 0 Å². The van der Waals surface area contributed by atoms with Gasteiger partial charge in [0.15, 0.2) is 0 Å². The van der Waals surface area contributed by atoms with Crippen molar-refractivity contribution in [2.45, 2.75) is 61.6 Å². The first kappa shape index (κ1) is 28.7. The second-order valence-electron chi connectivity index (χ2n) is 10.4. The number of benzene rings is 1. The summed E-state index contributed by atoms with van der Waals surface area (Å²) in [7, 11) is 0. The van der Waals surface area contributed by atoms with E-state index in [0.717, 1.165) is 12.8 Å². The third-order valence-corrected chi connectivity index (χ3v) is 10.6. The molecule has 3 saturated heterocycles. The average molecular weight is 561 g/mol. The maximum Gasteiger partial charge on any atom is 0.310 e. The molecule has 0 aliphatic carbocycles. The molecule has 3 aliphatic heterocycles. The van der Waals surface area contributed by atoms with Crippen LogP contribution in [0.2, 0.25) is 5.02 Å². The number of nitrogens with zero attached hydrogens (tertiary/aromatic N) is 2. The first-order valence-corrected chi connectivity index (χ1v) is 14.6. The molecular formula is C29H37ClN2O5S. The molecule has 3 fully saturated rings. The zero-order chi connectivity index (χ0) is 27.6. The summed E-state index contributed by atoms with van der Waals surface area (Å²) in [5, 5.41) is 11.0. The molecule has 4 rings (SSSR count). The molecule has 2 unspecified atom stereocenters. The van der Waals surface area contributed by atoms with E-state index in [1.165, 1.54) is 0 Å². The number of hydrogen-bond acceptors (Lipinski definition) is 6. The van der Waals surface area contributed by atoms with Crippen LogP contribution < -0.4 is 4.90 Å². The highest BCUT2D eigenvalue weighted by atomic mass is 35.5. The van der Waals surface area contributed by atoms with Gasteiger partial charge in [0, 0.05) is 22.5 Å². The van der Waals surface area contributed by atoms with Gasteiger partial charge in [0.2, 0.25) is 5.91 Å². The Bertz CT molecular complexity index is 1080. The summed E-state index contributed by atoms with van der Waals surface area (Å²) in [5.41, 5.74) is 0.647. The van der Waals surface area contributed by atoms with Crippen molar-refractivity contribution in [1.29, 1.82) is 0 Å². The third kappa shape index (κ3) is 4.80. The molecule has 1 aromatic carbocycles. The van der Waals surface area contributed by atoms with Crippen LogP contribution in [0.15, 0.2) is 49.6 Å². The molecule has 0 aromatic heterocycles. The number of esters is 1. The van der Waals surface area contributed by atoms with Gasteiger partial charge in [0.25, 0.3) is 5.91 Å². The van der Waals surface area contributed by atoms with E-state index in [-0.39, 0.29) is 48.7 Å². The lowest BCUT2D eigenvalue weighted by molar-refractivity contribution is -0.154. The van der Waals surface area contributed by atoms with Crippen LogP contribution in [0, 0.1) is 17.8 Å². The first-order valence-electron chi connectivity index (χ1n) is 13.3. The van der Waals surface area contributed by atoms with Gasteiger partial charge < -0.3 is 19.6 Å². The summed E-state index contributed by atoms with van der Waals surface area (Å²) in [6, 6.07) is 5.62. The fraction of sp³-hybridized carbons (Fsp3) is 0.552. The van der Waals surface area contributed by atoms with Crippen LogP contribution >= 0.6 is 23.4 Å². The number of fused-ring (bicyclic) bond motifs is 1. The molecule has 1 N–H and O–H groups in total. The molecule has 9 heteroatoms. The largest absolute Gasteiger partial charge is 0.465 e. The molecule has 2 amide bonds. The predicted molar refractivity (Wildman–Crippen MR) is 151 cm³/mol. The van der Waals surface area contributed by atoms with Crippen molar-refractivity contribution >= 4 is 46.8 Å². The van der Waals surface area contributed by atoms with E-state index in [0.29, 0.717) is 23.6 Å². The van der Waals surface area contributed by atoms with Crippen LogP contribution in [0.4, 0.5) is 5.69 Å². The number of thioether (sulfide) groups is 1. The Morgan fingerprint density at radius 1 is 1.32 bits per heavy atom. The van der Waals surface area contributed by atoms with E-state index in [1.807, 2.05) is 13.8 Å². The smallest absolute Gasteiger partial charge is 0.310 e. The number of aliphatic hydroxyl groups excluding tert-OH is 1. The van der Waals surface area contributed by atoms with Gasteiger partial charge in [-0.3, -0.25) is 14.4 Å². The predicted octanol–water partition coefficient (Wildman–Crippen LogP) is 4.48. The number of aliphatic hydroxyl groups is 1. The molecule has 1 spiro atoms. The molecule has 38 heavy (non-hydrogen) atoms. The number of hydrogen-bond donors (Lipinski definition) is 1. The van der Waals surface area contributed by atoms with Gasteiger partial charge in [-0.05, 0) is 49.4 Å². The Morgan fingerprint density at radius 2 is 2.03 bits per heavy atom. The van der Waals surface area contributed by atoms with Gasteiger partial charge >= 0.3 is 5.97 Å². The van der Waals surface area contributed by atoms with E-state index in [4.69, 9.17) is 16.3 Å². The molecule has 0 saturated carbocycles. The molecule has 7 nitrogen and oxygen atoms in total. The Hall–Kier alpha value is -2.29. The number of anilines is 1. The second-order valence-corrected chi connectivity index (χ2v) is 12.4. The fourth-order valence-corrected chi connectivity index (χ4v) is 8.68. The minimum Gasteiger partial charge on any atom is -0.465 e. The normalized spacial score (nSPS) is 29.1. The van der Waals surface area contributed by atoms with Crippen LogP contribution in [0.1, 0.15) is 39.5 Å². The minimum atomic E-state index is -0.831. The molecule has 3 aliphatic rings. The number of likely N-dealkylation sites (tertiary alicyclic amines) is 1. The molecule has 3 heterocycles. The number of halogens is 1.